The number of nitrogens with zero attached hydrogens (tertiary/aromatic N) is 2. The average Bonchev–Trinajstić information content (AvgIpc) is 3.11. The van der Waals surface area contributed by atoms with Crippen LogP contribution in [0, 0.1) is 13.8 Å². The molecule has 6 nitrogen and oxygen atoms in total. The van der Waals surface area contributed by atoms with Gasteiger partial charge in [-0.05, 0) is 52.3 Å². The molecule has 1 amide bonds. The summed E-state index contributed by atoms with van der Waals surface area (Å²) >= 11 is 0. The summed E-state index contributed by atoms with van der Waals surface area (Å²) in [5.74, 6) is -0.468. The lowest BCUT2D eigenvalue weighted by Crippen LogP contribution is -2.41. The second kappa shape index (κ2) is 6.43. The molecule has 0 fully saturated rings. The van der Waals surface area contributed by atoms with Crippen molar-refractivity contribution in [3.05, 3.63) is 46.5 Å². The number of carbonyl (C=O) groups excluding carboxylic acids is 2. The second-order valence-electron chi connectivity index (χ2n) is 6.88. The summed E-state index contributed by atoms with van der Waals surface area (Å²) in [5.41, 5.74) is 3.38. The molecular weight excluding hydrogens is 318 g/mol. The monoisotopic (exact) mass is 343 g/mol. The van der Waals surface area contributed by atoms with Crippen LogP contribution in [0.15, 0.2) is 18.3 Å². The van der Waals surface area contributed by atoms with Crippen molar-refractivity contribution in [2.75, 3.05) is 6.54 Å². The molecule has 1 atom stereocenters. The van der Waals surface area contributed by atoms with Crippen LogP contribution in [0.5, 0.6) is 0 Å². The summed E-state index contributed by atoms with van der Waals surface area (Å²) in [6.07, 6.45) is 1.84. The molecule has 134 valence electrons. The summed E-state index contributed by atoms with van der Waals surface area (Å²) in [6.45, 7) is 10.7. The molecule has 2 aromatic heterocycles. The highest BCUT2D eigenvalue weighted by Crippen LogP contribution is 2.29. The molecule has 25 heavy (non-hydrogen) atoms. The number of aromatic nitrogens is 2. The number of fused-ring (bicyclic) bond motifs is 1. The first-order valence-electron chi connectivity index (χ1n) is 8.67. The van der Waals surface area contributed by atoms with Crippen LogP contribution < -0.4 is 0 Å². The number of nitrogens with one attached hydrogen (secondary N) is 1. The predicted octanol–water partition coefficient (Wildman–Crippen LogP) is 3.22. The Hall–Kier alpha value is -2.50. The van der Waals surface area contributed by atoms with Gasteiger partial charge in [-0.3, -0.25) is 4.79 Å². The fourth-order valence-corrected chi connectivity index (χ4v) is 3.54. The summed E-state index contributed by atoms with van der Waals surface area (Å²) in [6, 6.07) is 4.04. The number of aryl methyl sites for hydroxylation is 1. The quantitative estimate of drug-likeness (QED) is 0.870. The van der Waals surface area contributed by atoms with Gasteiger partial charge in [-0.25, -0.2) is 4.79 Å². The number of hydrogen-bond donors (Lipinski definition) is 1. The number of amides is 1. The first-order valence-corrected chi connectivity index (χ1v) is 8.67. The van der Waals surface area contributed by atoms with E-state index in [4.69, 9.17) is 4.74 Å². The molecule has 3 heterocycles. The van der Waals surface area contributed by atoms with Crippen LogP contribution in [-0.2, 0) is 11.3 Å². The van der Waals surface area contributed by atoms with E-state index in [-0.39, 0.29) is 24.0 Å². The third-order valence-electron chi connectivity index (χ3n) is 4.80. The van der Waals surface area contributed by atoms with Gasteiger partial charge in [-0.15, -0.1) is 0 Å². The minimum Gasteiger partial charge on any atom is -0.459 e. The number of aromatic amines is 1. The second-order valence-corrected chi connectivity index (χ2v) is 6.88. The van der Waals surface area contributed by atoms with E-state index in [2.05, 4.69) is 9.55 Å². The van der Waals surface area contributed by atoms with Gasteiger partial charge in [0.1, 0.15) is 5.69 Å². The molecule has 0 radical (unpaired) electrons. The maximum atomic E-state index is 13.1. The van der Waals surface area contributed by atoms with Crippen molar-refractivity contribution in [1.82, 2.24) is 14.5 Å². The van der Waals surface area contributed by atoms with Crippen LogP contribution in [-0.4, -0.2) is 39.0 Å². The number of ether oxygens (including phenoxy) is 1. The molecule has 0 unspecified atom stereocenters. The van der Waals surface area contributed by atoms with E-state index in [9.17, 15) is 9.59 Å². The minimum absolute atomic E-state index is 0.00896. The van der Waals surface area contributed by atoms with Gasteiger partial charge in [0.25, 0.3) is 5.91 Å². The normalized spacial score (nSPS) is 16.9. The zero-order valence-corrected chi connectivity index (χ0v) is 15.4. The Labute approximate surface area is 147 Å². The van der Waals surface area contributed by atoms with Gasteiger partial charge in [0, 0.05) is 30.7 Å². The molecule has 1 N–H and O–H groups in total. The Morgan fingerprint density at radius 1 is 1.28 bits per heavy atom. The molecule has 1 aliphatic rings. The van der Waals surface area contributed by atoms with Gasteiger partial charge in [-0.1, -0.05) is 0 Å². The van der Waals surface area contributed by atoms with E-state index in [1.54, 1.807) is 13.8 Å². The molecule has 0 saturated carbocycles. The van der Waals surface area contributed by atoms with Gasteiger partial charge in [-0.2, -0.15) is 0 Å². The lowest BCUT2D eigenvalue weighted by Gasteiger charge is -2.34. The zero-order chi connectivity index (χ0) is 18.3. The molecule has 0 bridgehead atoms. The van der Waals surface area contributed by atoms with Gasteiger partial charge >= 0.3 is 5.97 Å². The molecule has 6 heteroatoms. The largest absolute Gasteiger partial charge is 0.459 e. The van der Waals surface area contributed by atoms with Gasteiger partial charge in [0.2, 0.25) is 0 Å². The van der Waals surface area contributed by atoms with Crippen LogP contribution in [0.2, 0.25) is 0 Å². The number of esters is 1. The lowest BCUT2D eigenvalue weighted by atomic mass is 10.1. The Bertz CT molecular complexity index is 816. The third-order valence-corrected chi connectivity index (χ3v) is 4.80. The molecule has 0 aromatic carbocycles. The Morgan fingerprint density at radius 3 is 2.68 bits per heavy atom. The van der Waals surface area contributed by atoms with E-state index >= 15 is 0 Å². The minimum atomic E-state index is -0.388. The summed E-state index contributed by atoms with van der Waals surface area (Å²) < 4.78 is 7.48. The summed E-state index contributed by atoms with van der Waals surface area (Å²) in [7, 11) is 0. The van der Waals surface area contributed by atoms with E-state index in [0.717, 1.165) is 12.2 Å². The fourth-order valence-electron chi connectivity index (χ4n) is 3.54. The highest BCUT2D eigenvalue weighted by molar-refractivity contribution is 6.00. The van der Waals surface area contributed by atoms with E-state index < -0.39 is 0 Å². The number of carbonyl (C=O) groups is 2. The highest BCUT2D eigenvalue weighted by Gasteiger charge is 2.31. The van der Waals surface area contributed by atoms with Gasteiger partial charge in [0.05, 0.1) is 17.7 Å². The van der Waals surface area contributed by atoms with Crippen molar-refractivity contribution in [1.29, 1.82) is 0 Å². The smallest absolute Gasteiger partial charge is 0.340 e. The maximum Gasteiger partial charge on any atom is 0.340 e. The Morgan fingerprint density at radius 2 is 2.00 bits per heavy atom. The van der Waals surface area contributed by atoms with Crippen LogP contribution in [0.3, 0.4) is 0 Å². The van der Waals surface area contributed by atoms with Crippen molar-refractivity contribution in [3.8, 4) is 0 Å². The van der Waals surface area contributed by atoms with E-state index in [1.807, 2.05) is 44.0 Å². The fraction of sp³-hybridized carbons (Fsp3) is 0.474. The first-order chi connectivity index (χ1) is 11.8. The Kier molecular flexibility index (Phi) is 4.45. The summed E-state index contributed by atoms with van der Waals surface area (Å²) in [5, 5.41) is 0. The molecule has 0 spiro atoms. The van der Waals surface area contributed by atoms with Crippen molar-refractivity contribution in [2.24, 2.45) is 0 Å². The van der Waals surface area contributed by atoms with Gasteiger partial charge in [0.15, 0.2) is 0 Å². The molecule has 0 aliphatic carbocycles. The van der Waals surface area contributed by atoms with E-state index in [0.29, 0.717) is 29.1 Å². The van der Waals surface area contributed by atoms with Crippen LogP contribution in [0.4, 0.5) is 0 Å². The average molecular weight is 343 g/mol. The Balaban J connectivity index is 1.90. The zero-order valence-electron chi connectivity index (χ0n) is 15.4. The van der Waals surface area contributed by atoms with Gasteiger partial charge < -0.3 is 19.2 Å². The number of rotatable bonds is 3. The van der Waals surface area contributed by atoms with Crippen LogP contribution in [0.25, 0.3) is 0 Å². The maximum absolute atomic E-state index is 13.1. The highest BCUT2D eigenvalue weighted by atomic mass is 16.5. The standard InChI is InChI=1S/C19H25N3O3/c1-11(2)25-19(24)16-12(3)17(20-13(16)4)18(23)22-10-9-21-8-6-7-15(21)14(22)5/h6-8,11,14,20H,9-10H2,1-5H3/t14-/m1/s1. The van der Waals surface area contributed by atoms with Crippen LogP contribution in [0.1, 0.15) is 64.6 Å². The van der Waals surface area contributed by atoms with Crippen molar-refractivity contribution in [3.63, 3.8) is 0 Å². The topological polar surface area (TPSA) is 67.3 Å². The molecule has 3 rings (SSSR count). The van der Waals surface area contributed by atoms with E-state index in [1.165, 1.54) is 0 Å². The van der Waals surface area contributed by atoms with Crippen molar-refractivity contribution < 1.29 is 14.3 Å². The predicted molar refractivity (Wildman–Crippen MR) is 94.7 cm³/mol. The number of H-pyrrole nitrogens is 1. The molecule has 2 aromatic rings. The lowest BCUT2D eigenvalue weighted by molar-refractivity contribution is 0.0376. The van der Waals surface area contributed by atoms with Crippen LogP contribution >= 0.6 is 0 Å². The molecule has 1 aliphatic heterocycles. The third kappa shape index (κ3) is 2.97. The first kappa shape index (κ1) is 17.3. The SMILES string of the molecule is Cc1[nH]c(C(=O)N2CCn3cccc3[C@H]2C)c(C)c1C(=O)OC(C)C. The number of hydrogen-bond acceptors (Lipinski definition) is 3. The van der Waals surface area contributed by atoms with Crippen molar-refractivity contribution >= 4 is 11.9 Å². The molecular formula is C19H25N3O3. The molecule has 0 saturated heterocycles. The summed E-state index contributed by atoms with van der Waals surface area (Å²) in [4.78, 5) is 30.4. The van der Waals surface area contributed by atoms with Crippen molar-refractivity contribution in [2.45, 2.75) is 53.3 Å².